The molecule has 4 nitrogen and oxygen atoms in total. The first-order chi connectivity index (χ1) is 9.86. The predicted octanol–water partition coefficient (Wildman–Crippen LogP) is 0.840. The van der Waals surface area contributed by atoms with Crippen molar-refractivity contribution < 1.29 is 0 Å². The molecule has 3 heterocycles. The van der Waals surface area contributed by atoms with E-state index in [2.05, 4.69) is 26.9 Å². The largest absolute Gasteiger partial charge is 0.314 e. The molecule has 0 aromatic rings. The summed E-state index contributed by atoms with van der Waals surface area (Å²) in [6.45, 7) is 13.9. The second-order valence-corrected chi connectivity index (χ2v) is 6.81. The first-order valence-corrected chi connectivity index (χ1v) is 8.78. The normalized spacial score (nSPS) is 31.9. The smallest absolute Gasteiger partial charge is 0.0346 e. The number of hydrogen-bond acceptors (Lipinski definition) is 4. The molecule has 0 saturated carbocycles. The van der Waals surface area contributed by atoms with Crippen LogP contribution in [-0.2, 0) is 0 Å². The molecule has 20 heavy (non-hydrogen) atoms. The fraction of sp³-hybridized carbons (Fsp3) is 1.00. The van der Waals surface area contributed by atoms with Crippen molar-refractivity contribution >= 4 is 0 Å². The number of piperazine rings is 1. The Balaban J connectivity index is 1.43. The molecule has 0 aromatic heterocycles. The van der Waals surface area contributed by atoms with E-state index >= 15 is 0 Å². The van der Waals surface area contributed by atoms with E-state index in [1.807, 2.05) is 0 Å². The number of nitrogens with zero attached hydrogens (tertiary/aromatic N) is 3. The van der Waals surface area contributed by atoms with E-state index < -0.39 is 0 Å². The molecule has 0 amide bonds. The zero-order chi connectivity index (χ0) is 13.8. The third kappa shape index (κ3) is 3.53. The predicted molar refractivity (Wildman–Crippen MR) is 84.2 cm³/mol. The topological polar surface area (TPSA) is 21.8 Å². The molecule has 3 aliphatic rings. The minimum absolute atomic E-state index is 0.839. The maximum absolute atomic E-state index is 3.40. The van der Waals surface area contributed by atoms with Crippen LogP contribution in [0.2, 0.25) is 0 Å². The Morgan fingerprint density at radius 1 is 0.850 bits per heavy atom. The number of rotatable bonds is 4. The lowest BCUT2D eigenvalue weighted by Crippen LogP contribution is -2.62. The lowest BCUT2D eigenvalue weighted by molar-refractivity contribution is 0.0479. The van der Waals surface area contributed by atoms with Crippen molar-refractivity contribution in [1.29, 1.82) is 0 Å². The van der Waals surface area contributed by atoms with Gasteiger partial charge >= 0.3 is 0 Å². The number of nitrogens with one attached hydrogen (secondary N) is 1. The van der Waals surface area contributed by atoms with E-state index in [0.717, 1.165) is 12.1 Å². The summed E-state index contributed by atoms with van der Waals surface area (Å²) < 4.78 is 0. The molecule has 3 saturated heterocycles. The van der Waals surface area contributed by atoms with Crippen molar-refractivity contribution in [1.82, 2.24) is 20.0 Å². The van der Waals surface area contributed by atoms with Crippen molar-refractivity contribution in [2.75, 3.05) is 58.9 Å². The molecule has 0 spiro atoms. The summed E-state index contributed by atoms with van der Waals surface area (Å²) in [5.41, 5.74) is 0. The van der Waals surface area contributed by atoms with Gasteiger partial charge in [-0.1, -0.05) is 6.92 Å². The van der Waals surface area contributed by atoms with Crippen LogP contribution in [0.1, 0.15) is 32.6 Å². The molecule has 1 atom stereocenters. The summed E-state index contributed by atoms with van der Waals surface area (Å²) in [6, 6.07) is 1.70. The SMILES string of the molecule is CCCN1CCCC(N2CCN(C3CNC3)CC2)CC1. The van der Waals surface area contributed by atoms with Crippen LogP contribution in [0.4, 0.5) is 0 Å². The average Bonchev–Trinajstić information content (AvgIpc) is 2.64. The Labute approximate surface area is 124 Å². The van der Waals surface area contributed by atoms with Gasteiger partial charge in [0.1, 0.15) is 0 Å². The minimum Gasteiger partial charge on any atom is -0.314 e. The van der Waals surface area contributed by atoms with Gasteiger partial charge in [0.2, 0.25) is 0 Å². The highest BCUT2D eigenvalue weighted by atomic mass is 15.3. The third-order valence-electron chi connectivity index (χ3n) is 5.47. The zero-order valence-electron chi connectivity index (χ0n) is 13.2. The Morgan fingerprint density at radius 3 is 2.15 bits per heavy atom. The first-order valence-electron chi connectivity index (χ1n) is 8.78. The molecule has 1 unspecified atom stereocenters. The molecular weight excluding hydrogens is 248 g/mol. The molecule has 3 aliphatic heterocycles. The van der Waals surface area contributed by atoms with Crippen LogP contribution in [0, 0.1) is 0 Å². The van der Waals surface area contributed by atoms with E-state index in [-0.39, 0.29) is 0 Å². The summed E-state index contributed by atoms with van der Waals surface area (Å²) in [7, 11) is 0. The third-order valence-corrected chi connectivity index (χ3v) is 5.47. The van der Waals surface area contributed by atoms with E-state index in [4.69, 9.17) is 0 Å². The van der Waals surface area contributed by atoms with Gasteiger partial charge in [-0.05, 0) is 45.3 Å². The molecule has 0 bridgehead atoms. The zero-order valence-corrected chi connectivity index (χ0v) is 13.2. The van der Waals surface area contributed by atoms with Crippen LogP contribution in [0.5, 0.6) is 0 Å². The molecule has 0 radical (unpaired) electrons. The maximum atomic E-state index is 3.40. The summed E-state index contributed by atoms with van der Waals surface area (Å²) in [5, 5.41) is 3.40. The molecule has 0 aromatic carbocycles. The number of hydrogen-bond donors (Lipinski definition) is 1. The highest BCUT2D eigenvalue weighted by Crippen LogP contribution is 2.20. The van der Waals surface area contributed by atoms with Crippen LogP contribution in [0.15, 0.2) is 0 Å². The Bertz CT molecular complexity index is 284. The molecule has 3 rings (SSSR count). The molecule has 1 N–H and O–H groups in total. The lowest BCUT2D eigenvalue weighted by Gasteiger charge is -2.45. The highest BCUT2D eigenvalue weighted by Gasteiger charge is 2.30. The molecule has 0 aliphatic carbocycles. The van der Waals surface area contributed by atoms with Crippen LogP contribution < -0.4 is 5.32 Å². The second-order valence-electron chi connectivity index (χ2n) is 6.81. The summed E-state index contributed by atoms with van der Waals surface area (Å²) >= 11 is 0. The minimum atomic E-state index is 0.839. The van der Waals surface area contributed by atoms with Gasteiger partial charge in [0.05, 0.1) is 0 Å². The Hall–Kier alpha value is -0.160. The molecule has 116 valence electrons. The Kier molecular flexibility index (Phi) is 5.32. The van der Waals surface area contributed by atoms with Gasteiger partial charge in [-0.15, -0.1) is 0 Å². The quantitative estimate of drug-likeness (QED) is 0.824. The first kappa shape index (κ1) is 14.8. The van der Waals surface area contributed by atoms with Crippen LogP contribution in [0.25, 0.3) is 0 Å². The number of likely N-dealkylation sites (tertiary alicyclic amines) is 1. The standard InChI is InChI=1S/C16H32N4/c1-2-6-18-7-3-4-15(5-8-18)19-9-11-20(12-10-19)16-13-17-14-16/h15-17H,2-14H2,1H3. The van der Waals surface area contributed by atoms with Crippen LogP contribution in [-0.4, -0.2) is 85.7 Å². The summed E-state index contributed by atoms with van der Waals surface area (Å²) in [4.78, 5) is 8.17. The van der Waals surface area contributed by atoms with Crippen molar-refractivity contribution in [2.45, 2.75) is 44.7 Å². The maximum Gasteiger partial charge on any atom is 0.0346 e. The monoisotopic (exact) mass is 280 g/mol. The van der Waals surface area contributed by atoms with Crippen molar-refractivity contribution in [3.63, 3.8) is 0 Å². The fourth-order valence-corrected chi connectivity index (χ4v) is 4.04. The van der Waals surface area contributed by atoms with E-state index in [9.17, 15) is 0 Å². The van der Waals surface area contributed by atoms with Gasteiger partial charge in [0.25, 0.3) is 0 Å². The second kappa shape index (κ2) is 7.21. The van der Waals surface area contributed by atoms with Crippen molar-refractivity contribution in [3.05, 3.63) is 0 Å². The van der Waals surface area contributed by atoms with Gasteiger partial charge in [-0.2, -0.15) is 0 Å². The van der Waals surface area contributed by atoms with Crippen LogP contribution >= 0.6 is 0 Å². The van der Waals surface area contributed by atoms with Crippen molar-refractivity contribution in [2.24, 2.45) is 0 Å². The van der Waals surface area contributed by atoms with E-state index in [1.54, 1.807) is 0 Å². The highest BCUT2D eigenvalue weighted by molar-refractivity contribution is 4.89. The van der Waals surface area contributed by atoms with Gasteiger partial charge < -0.3 is 10.2 Å². The van der Waals surface area contributed by atoms with Gasteiger partial charge in [-0.3, -0.25) is 9.80 Å². The van der Waals surface area contributed by atoms with Crippen molar-refractivity contribution in [3.8, 4) is 0 Å². The Morgan fingerprint density at radius 2 is 1.55 bits per heavy atom. The summed E-state index contributed by atoms with van der Waals surface area (Å²) in [5.74, 6) is 0. The fourth-order valence-electron chi connectivity index (χ4n) is 4.04. The van der Waals surface area contributed by atoms with Gasteiger partial charge in [0, 0.05) is 51.4 Å². The van der Waals surface area contributed by atoms with Crippen LogP contribution in [0.3, 0.4) is 0 Å². The van der Waals surface area contributed by atoms with Gasteiger partial charge in [-0.25, -0.2) is 0 Å². The summed E-state index contributed by atoms with van der Waals surface area (Å²) in [6.07, 6.45) is 5.52. The molecular formula is C16H32N4. The molecule has 3 fully saturated rings. The lowest BCUT2D eigenvalue weighted by atomic mass is 10.0. The van der Waals surface area contributed by atoms with E-state index in [0.29, 0.717) is 0 Å². The average molecular weight is 280 g/mol. The van der Waals surface area contributed by atoms with E-state index in [1.165, 1.54) is 84.6 Å². The van der Waals surface area contributed by atoms with Gasteiger partial charge in [0.15, 0.2) is 0 Å². The molecule has 4 heteroatoms.